The maximum absolute atomic E-state index is 13.3. The van der Waals surface area contributed by atoms with E-state index in [1.807, 2.05) is 30.0 Å². The van der Waals surface area contributed by atoms with Gasteiger partial charge in [0.15, 0.2) is 5.82 Å². The minimum Gasteiger partial charge on any atom is -0.342 e. The molecule has 33 heavy (non-hydrogen) atoms. The highest BCUT2D eigenvalue weighted by atomic mass is 16.2. The van der Waals surface area contributed by atoms with Gasteiger partial charge in [-0.05, 0) is 67.5 Å². The van der Waals surface area contributed by atoms with Crippen molar-refractivity contribution in [2.45, 2.75) is 46.0 Å². The number of aromatic nitrogens is 2. The van der Waals surface area contributed by atoms with E-state index in [0.29, 0.717) is 24.2 Å². The van der Waals surface area contributed by atoms with Crippen molar-refractivity contribution in [3.8, 4) is 0 Å². The van der Waals surface area contributed by atoms with E-state index in [4.69, 9.17) is 0 Å². The van der Waals surface area contributed by atoms with Crippen molar-refractivity contribution in [3.63, 3.8) is 0 Å². The van der Waals surface area contributed by atoms with Crippen molar-refractivity contribution in [1.29, 1.82) is 0 Å². The van der Waals surface area contributed by atoms with Crippen LogP contribution in [0.4, 0.5) is 11.5 Å². The quantitative estimate of drug-likeness (QED) is 0.727. The third kappa shape index (κ3) is 5.24. The van der Waals surface area contributed by atoms with Crippen LogP contribution >= 0.6 is 0 Å². The van der Waals surface area contributed by atoms with Crippen molar-refractivity contribution in [2.24, 2.45) is 17.8 Å². The number of rotatable bonds is 6. The van der Waals surface area contributed by atoms with Gasteiger partial charge in [-0.1, -0.05) is 32.9 Å². The van der Waals surface area contributed by atoms with Crippen LogP contribution in [-0.4, -0.2) is 53.1 Å². The lowest BCUT2D eigenvalue weighted by Crippen LogP contribution is -2.41. The first-order valence-corrected chi connectivity index (χ1v) is 12.2. The second-order valence-electron chi connectivity index (χ2n) is 9.67. The first-order chi connectivity index (χ1) is 16.0. The number of amides is 2. The van der Waals surface area contributed by atoms with Crippen LogP contribution in [0.2, 0.25) is 0 Å². The van der Waals surface area contributed by atoms with Crippen molar-refractivity contribution in [3.05, 3.63) is 48.2 Å². The number of piperidine rings is 1. The number of hydrogen-bond acceptors (Lipinski definition) is 5. The highest BCUT2D eigenvalue weighted by Crippen LogP contribution is 2.32. The zero-order valence-corrected chi connectivity index (χ0v) is 19.9. The molecule has 0 saturated carbocycles. The lowest BCUT2D eigenvalue weighted by Gasteiger charge is -2.34. The maximum Gasteiger partial charge on any atom is 0.237 e. The number of carbonyl (C=O) groups is 2. The maximum atomic E-state index is 13.3. The van der Waals surface area contributed by atoms with Crippen LogP contribution in [0.1, 0.15) is 51.5 Å². The molecule has 2 amide bonds. The molecule has 7 nitrogen and oxygen atoms in total. The van der Waals surface area contributed by atoms with Gasteiger partial charge in [-0.3, -0.25) is 14.5 Å². The smallest absolute Gasteiger partial charge is 0.237 e. The summed E-state index contributed by atoms with van der Waals surface area (Å²) in [4.78, 5) is 29.7. The highest BCUT2D eigenvalue weighted by Gasteiger charge is 2.31. The molecule has 0 radical (unpaired) electrons. The van der Waals surface area contributed by atoms with E-state index in [0.717, 1.165) is 44.6 Å². The Balaban J connectivity index is 1.46. The van der Waals surface area contributed by atoms with Gasteiger partial charge in [-0.25, -0.2) is 0 Å². The Morgan fingerprint density at radius 1 is 1.06 bits per heavy atom. The zero-order valence-electron chi connectivity index (χ0n) is 19.9. The van der Waals surface area contributed by atoms with Gasteiger partial charge in [0.2, 0.25) is 11.8 Å². The molecule has 2 aliphatic heterocycles. The number of nitrogens with one attached hydrogen (secondary N) is 1. The molecule has 0 bridgehead atoms. The van der Waals surface area contributed by atoms with Gasteiger partial charge in [-0.15, -0.1) is 5.10 Å². The molecule has 1 N–H and O–H groups in total. The van der Waals surface area contributed by atoms with Crippen LogP contribution in [0.5, 0.6) is 0 Å². The van der Waals surface area contributed by atoms with Crippen molar-refractivity contribution >= 4 is 23.3 Å². The molecule has 2 aromatic rings. The summed E-state index contributed by atoms with van der Waals surface area (Å²) in [6.07, 6.45) is 4.39. The minimum absolute atomic E-state index is 0.0539. The van der Waals surface area contributed by atoms with E-state index in [1.165, 1.54) is 5.56 Å². The first-order valence-electron chi connectivity index (χ1n) is 12.2. The number of anilines is 2. The molecule has 176 valence electrons. The van der Waals surface area contributed by atoms with E-state index < -0.39 is 0 Å². The SMILES string of the molecule is CC(C)C(C)C(=O)N1CCC(c2ccc(N(C(=O)[C@H]3CCNC3)c3cccnn3)cc2)CC1. The lowest BCUT2D eigenvalue weighted by molar-refractivity contribution is -0.137. The minimum atomic E-state index is -0.0539. The topological polar surface area (TPSA) is 78.4 Å². The molecular weight excluding hydrogens is 414 g/mol. The molecule has 1 aromatic carbocycles. The van der Waals surface area contributed by atoms with Gasteiger partial charge in [0, 0.05) is 31.7 Å². The Hall–Kier alpha value is -2.80. The van der Waals surface area contributed by atoms with Crippen LogP contribution in [0.15, 0.2) is 42.6 Å². The zero-order chi connectivity index (χ0) is 23.4. The summed E-state index contributed by atoms with van der Waals surface area (Å²) in [5.74, 6) is 1.69. The molecule has 2 saturated heterocycles. The molecule has 0 aliphatic carbocycles. The predicted octanol–water partition coefficient (Wildman–Crippen LogP) is 3.75. The van der Waals surface area contributed by atoms with Crippen LogP contribution in [0, 0.1) is 17.8 Å². The molecule has 2 fully saturated rings. The van der Waals surface area contributed by atoms with Gasteiger partial charge in [0.1, 0.15) is 0 Å². The standard InChI is InChI=1S/C26H35N5O2/c1-18(2)19(3)25(32)30-15-11-21(12-16-30)20-6-8-23(9-7-20)31(24-5-4-13-28-29-24)26(33)22-10-14-27-17-22/h4-9,13,18-19,21-22,27H,10-12,14-17H2,1-3H3/t19?,22-/m0/s1. The fourth-order valence-corrected chi connectivity index (χ4v) is 4.73. The summed E-state index contributed by atoms with van der Waals surface area (Å²) < 4.78 is 0. The van der Waals surface area contributed by atoms with E-state index in [1.54, 1.807) is 17.2 Å². The number of benzene rings is 1. The van der Waals surface area contributed by atoms with Crippen LogP contribution in [0.3, 0.4) is 0 Å². The van der Waals surface area contributed by atoms with Crippen molar-refractivity contribution < 1.29 is 9.59 Å². The highest BCUT2D eigenvalue weighted by molar-refractivity contribution is 6.01. The number of hydrogen-bond donors (Lipinski definition) is 1. The lowest BCUT2D eigenvalue weighted by atomic mass is 9.88. The summed E-state index contributed by atoms with van der Waals surface area (Å²) in [6, 6.07) is 11.9. The number of likely N-dealkylation sites (tertiary alicyclic amines) is 1. The molecule has 2 aliphatic rings. The Kier molecular flexibility index (Phi) is 7.38. The van der Waals surface area contributed by atoms with Gasteiger partial charge in [0.05, 0.1) is 11.6 Å². The summed E-state index contributed by atoms with van der Waals surface area (Å²) in [6.45, 7) is 9.41. The summed E-state index contributed by atoms with van der Waals surface area (Å²) >= 11 is 0. The third-order valence-corrected chi connectivity index (χ3v) is 7.24. The van der Waals surface area contributed by atoms with Gasteiger partial charge in [-0.2, -0.15) is 5.10 Å². The summed E-state index contributed by atoms with van der Waals surface area (Å²) in [7, 11) is 0. The van der Waals surface area contributed by atoms with Gasteiger partial charge in [0.25, 0.3) is 0 Å². The van der Waals surface area contributed by atoms with Gasteiger partial charge < -0.3 is 10.2 Å². The fraction of sp³-hybridized carbons (Fsp3) is 0.538. The Bertz CT molecular complexity index is 933. The van der Waals surface area contributed by atoms with Gasteiger partial charge >= 0.3 is 0 Å². The molecule has 1 unspecified atom stereocenters. The van der Waals surface area contributed by atoms with E-state index in [9.17, 15) is 9.59 Å². The Morgan fingerprint density at radius 2 is 1.79 bits per heavy atom. The van der Waals surface area contributed by atoms with E-state index in [-0.39, 0.29) is 23.7 Å². The van der Waals surface area contributed by atoms with Crippen LogP contribution < -0.4 is 10.2 Å². The van der Waals surface area contributed by atoms with Crippen molar-refractivity contribution in [1.82, 2.24) is 20.4 Å². The average Bonchev–Trinajstić information content (AvgIpc) is 3.40. The fourth-order valence-electron chi connectivity index (χ4n) is 4.73. The second-order valence-corrected chi connectivity index (χ2v) is 9.67. The first kappa shape index (κ1) is 23.4. The monoisotopic (exact) mass is 449 g/mol. The summed E-state index contributed by atoms with van der Waals surface area (Å²) in [5.41, 5.74) is 2.08. The molecule has 1 aromatic heterocycles. The average molecular weight is 450 g/mol. The van der Waals surface area contributed by atoms with Crippen LogP contribution in [0.25, 0.3) is 0 Å². The molecule has 2 atom stereocenters. The second kappa shape index (κ2) is 10.4. The number of nitrogens with zero attached hydrogens (tertiary/aromatic N) is 4. The summed E-state index contributed by atoms with van der Waals surface area (Å²) in [5, 5.41) is 11.5. The van der Waals surface area contributed by atoms with E-state index >= 15 is 0 Å². The normalized spacial score (nSPS) is 20.1. The molecule has 3 heterocycles. The molecular formula is C26H35N5O2. The molecule has 4 rings (SSSR count). The van der Waals surface area contributed by atoms with Crippen LogP contribution in [-0.2, 0) is 9.59 Å². The Morgan fingerprint density at radius 3 is 2.36 bits per heavy atom. The number of carbonyl (C=O) groups excluding carboxylic acids is 2. The van der Waals surface area contributed by atoms with E-state index in [2.05, 4.69) is 41.5 Å². The third-order valence-electron chi connectivity index (χ3n) is 7.24. The Labute approximate surface area is 196 Å². The molecule has 7 heteroatoms. The van der Waals surface area contributed by atoms with Crippen molar-refractivity contribution in [2.75, 3.05) is 31.1 Å². The largest absolute Gasteiger partial charge is 0.342 e. The predicted molar refractivity (Wildman–Crippen MR) is 129 cm³/mol. The molecule has 0 spiro atoms.